The minimum atomic E-state index is -1.73. The Morgan fingerprint density at radius 2 is 2.21 bits per heavy atom. The van der Waals surface area contributed by atoms with Crippen LogP contribution in [0.2, 0.25) is 0 Å². The summed E-state index contributed by atoms with van der Waals surface area (Å²) in [6.45, 7) is 0.507. The van der Waals surface area contributed by atoms with Crippen LogP contribution < -0.4 is 5.43 Å². The zero-order valence-electron chi connectivity index (χ0n) is 14.7. The van der Waals surface area contributed by atoms with Gasteiger partial charge in [-0.05, 0) is 36.3 Å². The zero-order chi connectivity index (χ0) is 19.5. The lowest BCUT2D eigenvalue weighted by molar-refractivity contribution is 0.222. The van der Waals surface area contributed by atoms with Crippen LogP contribution in [0, 0.1) is 11.3 Å². The molecule has 0 saturated heterocycles. The highest BCUT2D eigenvalue weighted by Crippen LogP contribution is 2.31. The molecule has 0 aliphatic carbocycles. The van der Waals surface area contributed by atoms with E-state index in [2.05, 4.69) is 26.4 Å². The van der Waals surface area contributed by atoms with E-state index >= 15 is 0 Å². The maximum atomic E-state index is 12.8. The second kappa shape index (κ2) is 7.58. The monoisotopic (exact) mass is 378 g/mol. The average Bonchev–Trinajstić information content (AvgIpc) is 3.37. The zero-order valence-corrected chi connectivity index (χ0v) is 14.7. The Bertz CT molecular complexity index is 1110. The Balaban J connectivity index is 1.70. The third kappa shape index (κ3) is 3.48. The first-order valence-electron chi connectivity index (χ1n) is 8.68. The maximum absolute atomic E-state index is 12.8. The van der Waals surface area contributed by atoms with E-state index in [1.807, 2.05) is 18.3 Å². The number of nitriles is 1. The molecule has 0 fully saturated rings. The summed E-state index contributed by atoms with van der Waals surface area (Å²) in [7, 11) is 0. The van der Waals surface area contributed by atoms with Crippen molar-refractivity contribution < 1.29 is 8.78 Å². The Hall–Kier alpha value is -3.57. The van der Waals surface area contributed by atoms with Crippen LogP contribution in [0.15, 0.2) is 61.2 Å². The van der Waals surface area contributed by atoms with Gasteiger partial charge in [0, 0.05) is 29.9 Å². The summed E-state index contributed by atoms with van der Waals surface area (Å²) >= 11 is 0. The van der Waals surface area contributed by atoms with Crippen molar-refractivity contribution in [3.63, 3.8) is 0 Å². The van der Waals surface area contributed by atoms with E-state index in [-0.39, 0.29) is 6.42 Å². The molecule has 3 aromatic rings. The predicted molar refractivity (Wildman–Crippen MR) is 101 cm³/mol. The second-order valence-corrected chi connectivity index (χ2v) is 6.34. The molecule has 0 saturated carbocycles. The minimum Gasteiger partial charge on any atom is -0.346 e. The molecule has 1 atom stereocenters. The number of benzene rings is 1. The maximum Gasteiger partial charge on any atom is 0.266 e. The molecule has 28 heavy (non-hydrogen) atoms. The molecule has 6 nitrogen and oxygen atoms in total. The second-order valence-electron chi connectivity index (χ2n) is 6.34. The number of aromatic amines is 1. The number of hydrogen-bond donors (Lipinski definition) is 2. The molecule has 140 valence electrons. The van der Waals surface area contributed by atoms with E-state index in [0.717, 1.165) is 33.9 Å². The van der Waals surface area contributed by atoms with E-state index in [9.17, 15) is 8.78 Å². The van der Waals surface area contributed by atoms with Gasteiger partial charge in [0.1, 0.15) is 12.0 Å². The van der Waals surface area contributed by atoms with Gasteiger partial charge in [-0.25, -0.2) is 15.4 Å². The lowest BCUT2D eigenvalue weighted by Crippen LogP contribution is -2.32. The molecule has 3 heterocycles. The van der Waals surface area contributed by atoms with Gasteiger partial charge in [0.25, 0.3) is 6.08 Å². The summed E-state index contributed by atoms with van der Waals surface area (Å²) in [5, 5.41) is 11.9. The van der Waals surface area contributed by atoms with Gasteiger partial charge in [0.05, 0.1) is 23.4 Å². The normalized spacial score (nSPS) is 14.6. The molecule has 0 spiro atoms. The smallest absolute Gasteiger partial charge is 0.266 e. The molecule has 1 aliphatic heterocycles. The number of nitrogens with zero attached hydrogens (tertiary/aromatic N) is 4. The SMILES string of the molecule is N#Cc1cccc(C(CC=C(F)F)N2C=C(c3ncnc4[nH]ccc34)CN2)c1. The lowest BCUT2D eigenvalue weighted by atomic mass is 10.0. The molecule has 1 unspecified atom stereocenters. The average molecular weight is 378 g/mol. The molecule has 0 amide bonds. The molecule has 4 rings (SSSR count). The number of H-pyrrole nitrogens is 1. The van der Waals surface area contributed by atoms with Gasteiger partial charge in [-0.3, -0.25) is 0 Å². The molecule has 1 aliphatic rings. The van der Waals surface area contributed by atoms with Gasteiger partial charge in [-0.2, -0.15) is 14.0 Å². The van der Waals surface area contributed by atoms with Crippen molar-refractivity contribution >= 4 is 16.6 Å². The van der Waals surface area contributed by atoms with Crippen LogP contribution in [0.1, 0.15) is 29.3 Å². The van der Waals surface area contributed by atoms with Crippen LogP contribution in [-0.4, -0.2) is 26.5 Å². The first-order valence-corrected chi connectivity index (χ1v) is 8.68. The summed E-state index contributed by atoms with van der Waals surface area (Å²) in [4.78, 5) is 11.6. The molecule has 8 heteroatoms. The van der Waals surface area contributed by atoms with Gasteiger partial charge in [0.2, 0.25) is 0 Å². The van der Waals surface area contributed by atoms with Crippen molar-refractivity contribution in [3.05, 3.63) is 78.0 Å². The Kier molecular flexibility index (Phi) is 4.83. The summed E-state index contributed by atoms with van der Waals surface area (Å²) in [5.41, 5.74) is 6.95. The van der Waals surface area contributed by atoms with Crippen LogP contribution in [-0.2, 0) is 0 Å². The lowest BCUT2D eigenvalue weighted by Gasteiger charge is -2.27. The van der Waals surface area contributed by atoms with E-state index < -0.39 is 12.1 Å². The van der Waals surface area contributed by atoms with Gasteiger partial charge in [0.15, 0.2) is 0 Å². The van der Waals surface area contributed by atoms with Crippen molar-refractivity contribution in [3.8, 4) is 6.07 Å². The topological polar surface area (TPSA) is 80.6 Å². The molecule has 0 radical (unpaired) electrons. The van der Waals surface area contributed by atoms with Crippen LogP contribution in [0.3, 0.4) is 0 Å². The highest BCUT2D eigenvalue weighted by atomic mass is 19.3. The molecule has 2 N–H and O–H groups in total. The number of fused-ring (bicyclic) bond motifs is 1. The van der Waals surface area contributed by atoms with Crippen LogP contribution in [0.25, 0.3) is 16.6 Å². The van der Waals surface area contributed by atoms with Crippen LogP contribution >= 0.6 is 0 Å². The number of hydrogen-bond acceptors (Lipinski definition) is 5. The largest absolute Gasteiger partial charge is 0.346 e. The molecular weight excluding hydrogens is 362 g/mol. The molecule has 2 aromatic heterocycles. The summed E-state index contributed by atoms with van der Waals surface area (Å²) in [6.07, 6.45) is 4.43. The van der Waals surface area contributed by atoms with E-state index in [0.29, 0.717) is 12.1 Å². The van der Waals surface area contributed by atoms with Crippen molar-refractivity contribution in [2.45, 2.75) is 12.5 Å². The first kappa shape index (κ1) is 17.8. The highest BCUT2D eigenvalue weighted by Gasteiger charge is 2.24. The van der Waals surface area contributed by atoms with Crippen molar-refractivity contribution in [1.82, 2.24) is 25.4 Å². The number of hydrazine groups is 1. The minimum absolute atomic E-state index is 0.0946. The van der Waals surface area contributed by atoms with Crippen molar-refractivity contribution in [2.24, 2.45) is 0 Å². The predicted octanol–water partition coefficient (Wildman–Crippen LogP) is 3.90. The fourth-order valence-corrected chi connectivity index (χ4v) is 3.34. The van der Waals surface area contributed by atoms with Crippen LogP contribution in [0.4, 0.5) is 8.78 Å². The third-order valence-electron chi connectivity index (χ3n) is 4.64. The van der Waals surface area contributed by atoms with E-state index in [4.69, 9.17) is 5.26 Å². The third-order valence-corrected chi connectivity index (χ3v) is 4.64. The fourth-order valence-electron chi connectivity index (χ4n) is 3.34. The number of aromatic nitrogens is 3. The summed E-state index contributed by atoms with van der Waals surface area (Å²) in [6, 6.07) is 10.6. The quantitative estimate of drug-likeness (QED) is 0.704. The van der Waals surface area contributed by atoms with E-state index in [1.165, 1.54) is 6.33 Å². The molecular formula is C20H16F2N6. The Morgan fingerprint density at radius 1 is 1.32 bits per heavy atom. The Morgan fingerprint density at radius 3 is 3.04 bits per heavy atom. The van der Waals surface area contributed by atoms with Gasteiger partial charge < -0.3 is 9.99 Å². The van der Waals surface area contributed by atoms with Crippen molar-refractivity contribution in [2.75, 3.05) is 6.54 Å². The molecule has 0 bridgehead atoms. The summed E-state index contributed by atoms with van der Waals surface area (Å²) < 4.78 is 25.5. The number of rotatable bonds is 5. The molecule has 1 aromatic carbocycles. The van der Waals surface area contributed by atoms with Gasteiger partial charge >= 0.3 is 0 Å². The highest BCUT2D eigenvalue weighted by molar-refractivity contribution is 5.88. The van der Waals surface area contributed by atoms with Crippen molar-refractivity contribution in [1.29, 1.82) is 5.26 Å². The van der Waals surface area contributed by atoms with Gasteiger partial charge in [-0.1, -0.05) is 12.1 Å². The number of halogens is 2. The Labute approximate surface area is 159 Å². The fraction of sp³-hybridized carbons (Fsp3) is 0.150. The first-order chi connectivity index (χ1) is 13.7. The summed E-state index contributed by atoms with van der Waals surface area (Å²) in [5.74, 6) is 0. The standard InChI is InChI=1S/C20H16F2N6/c21-18(22)5-4-17(14-3-1-2-13(8-14)9-23)28-11-15(10-27-28)19-16-6-7-24-20(16)26-12-25-19/h1-3,5-8,11-12,17,27H,4,10H2,(H,24,25,26). The number of nitrogens with one attached hydrogen (secondary N) is 2. The van der Waals surface area contributed by atoms with Gasteiger partial charge in [-0.15, -0.1) is 0 Å². The van der Waals surface area contributed by atoms with Crippen LogP contribution in [0.5, 0.6) is 0 Å². The van der Waals surface area contributed by atoms with E-state index in [1.54, 1.807) is 29.4 Å².